The maximum absolute atomic E-state index is 10.1. The van der Waals surface area contributed by atoms with Crippen LogP contribution in [0.25, 0.3) is 0 Å². The molecule has 1 heterocycles. The molecule has 100 valence electrons. The van der Waals surface area contributed by atoms with E-state index >= 15 is 0 Å². The van der Waals surface area contributed by atoms with Crippen molar-refractivity contribution in [1.82, 2.24) is 4.98 Å². The van der Waals surface area contributed by atoms with E-state index in [-0.39, 0.29) is 6.10 Å². The molecule has 1 N–H and O–H groups in total. The van der Waals surface area contributed by atoms with Crippen molar-refractivity contribution in [2.75, 3.05) is 0 Å². The first-order valence-corrected chi connectivity index (χ1v) is 6.85. The summed E-state index contributed by atoms with van der Waals surface area (Å²) in [4.78, 5) is 3.94. The number of halogens is 1. The number of aliphatic hydroxyl groups is 1. The number of aliphatic hydroxyl groups excluding tert-OH is 1. The minimum Gasteiger partial charge on any atom is -0.393 e. The zero-order valence-corrected chi connectivity index (χ0v) is 11.8. The topological polar surface area (TPSA) is 33.1 Å². The lowest BCUT2D eigenvalue weighted by Gasteiger charge is -2.11. The molecule has 2 nitrogen and oxygen atoms in total. The normalized spacial score (nSPS) is 12.4. The second kappa shape index (κ2) is 6.69. The molecule has 0 radical (unpaired) electrons. The van der Waals surface area contributed by atoms with Gasteiger partial charge < -0.3 is 5.11 Å². The number of aryl methyl sites for hydroxylation is 2. The number of aromatic nitrogens is 1. The van der Waals surface area contributed by atoms with E-state index in [9.17, 15) is 5.11 Å². The van der Waals surface area contributed by atoms with Gasteiger partial charge in [-0.3, -0.25) is 4.98 Å². The molecule has 2 aromatic rings. The lowest BCUT2D eigenvalue weighted by atomic mass is 10.0. The largest absolute Gasteiger partial charge is 0.393 e. The monoisotopic (exact) mass is 275 g/mol. The van der Waals surface area contributed by atoms with E-state index in [1.807, 2.05) is 6.07 Å². The first-order valence-electron chi connectivity index (χ1n) is 6.47. The summed E-state index contributed by atoms with van der Waals surface area (Å²) in [5, 5.41) is 10.7. The van der Waals surface area contributed by atoms with Gasteiger partial charge in [-0.1, -0.05) is 41.4 Å². The molecule has 3 heteroatoms. The SMILES string of the molecule is Cc1cccc(CCC(O)Cc2ccncc2Cl)c1. The summed E-state index contributed by atoms with van der Waals surface area (Å²) in [6, 6.07) is 10.2. The fourth-order valence-corrected chi connectivity index (χ4v) is 2.32. The van der Waals surface area contributed by atoms with Crippen molar-refractivity contribution in [2.24, 2.45) is 0 Å². The Morgan fingerprint density at radius 2 is 2.16 bits per heavy atom. The molecule has 0 aliphatic heterocycles. The molecule has 0 aliphatic carbocycles. The fourth-order valence-electron chi connectivity index (χ4n) is 2.13. The van der Waals surface area contributed by atoms with Crippen molar-refractivity contribution in [2.45, 2.75) is 32.3 Å². The lowest BCUT2D eigenvalue weighted by molar-refractivity contribution is 0.165. The van der Waals surface area contributed by atoms with Crippen molar-refractivity contribution in [3.8, 4) is 0 Å². The minimum atomic E-state index is -0.375. The Balaban J connectivity index is 1.88. The molecule has 2 rings (SSSR count). The highest BCUT2D eigenvalue weighted by Gasteiger charge is 2.08. The molecule has 19 heavy (non-hydrogen) atoms. The molecular weight excluding hydrogens is 258 g/mol. The van der Waals surface area contributed by atoms with Gasteiger partial charge in [-0.25, -0.2) is 0 Å². The number of pyridine rings is 1. The third-order valence-electron chi connectivity index (χ3n) is 3.16. The molecular formula is C16H18ClNO. The van der Waals surface area contributed by atoms with E-state index in [1.165, 1.54) is 11.1 Å². The van der Waals surface area contributed by atoms with Crippen LogP contribution in [0.2, 0.25) is 5.02 Å². The Bertz CT molecular complexity index is 542. The fraction of sp³-hybridized carbons (Fsp3) is 0.312. The highest BCUT2D eigenvalue weighted by Crippen LogP contribution is 2.17. The first-order chi connectivity index (χ1) is 9.15. The Kier molecular flexibility index (Phi) is 4.94. The van der Waals surface area contributed by atoms with Gasteiger partial charge >= 0.3 is 0 Å². The van der Waals surface area contributed by atoms with Crippen molar-refractivity contribution >= 4 is 11.6 Å². The number of benzene rings is 1. The van der Waals surface area contributed by atoms with E-state index in [4.69, 9.17) is 11.6 Å². The van der Waals surface area contributed by atoms with Crippen LogP contribution in [0.5, 0.6) is 0 Å². The molecule has 1 aromatic carbocycles. The van der Waals surface area contributed by atoms with E-state index < -0.39 is 0 Å². The quantitative estimate of drug-likeness (QED) is 0.905. The zero-order valence-electron chi connectivity index (χ0n) is 11.0. The average Bonchev–Trinajstić information content (AvgIpc) is 2.39. The van der Waals surface area contributed by atoms with Crippen molar-refractivity contribution in [3.63, 3.8) is 0 Å². The van der Waals surface area contributed by atoms with Crippen LogP contribution in [0.3, 0.4) is 0 Å². The summed E-state index contributed by atoms with van der Waals surface area (Å²) >= 11 is 6.03. The van der Waals surface area contributed by atoms with E-state index in [0.29, 0.717) is 11.4 Å². The maximum atomic E-state index is 10.1. The van der Waals surface area contributed by atoms with Gasteiger partial charge in [0.2, 0.25) is 0 Å². The number of nitrogens with zero attached hydrogens (tertiary/aromatic N) is 1. The molecule has 0 saturated heterocycles. The van der Waals surface area contributed by atoms with Crippen molar-refractivity contribution < 1.29 is 5.11 Å². The number of hydrogen-bond donors (Lipinski definition) is 1. The van der Waals surface area contributed by atoms with Crippen molar-refractivity contribution in [3.05, 3.63) is 64.4 Å². The molecule has 0 fully saturated rings. The summed E-state index contributed by atoms with van der Waals surface area (Å²) in [6.07, 6.45) is 5.14. The Hall–Kier alpha value is -1.38. The van der Waals surface area contributed by atoms with Gasteiger partial charge in [0.25, 0.3) is 0 Å². The van der Waals surface area contributed by atoms with Crippen LogP contribution < -0.4 is 0 Å². The van der Waals surface area contributed by atoms with E-state index in [1.54, 1.807) is 12.4 Å². The zero-order chi connectivity index (χ0) is 13.7. The molecule has 0 bridgehead atoms. The molecule has 1 unspecified atom stereocenters. The smallest absolute Gasteiger partial charge is 0.0622 e. The van der Waals surface area contributed by atoms with Crippen LogP contribution in [-0.2, 0) is 12.8 Å². The summed E-state index contributed by atoms with van der Waals surface area (Å²) in [5.74, 6) is 0. The molecule has 1 aromatic heterocycles. The van der Waals surface area contributed by atoms with Crippen LogP contribution in [0.15, 0.2) is 42.7 Å². The molecule has 0 spiro atoms. The highest BCUT2D eigenvalue weighted by atomic mass is 35.5. The second-order valence-corrected chi connectivity index (χ2v) is 5.26. The van der Waals surface area contributed by atoms with Gasteiger partial charge in [0.15, 0.2) is 0 Å². The van der Waals surface area contributed by atoms with Gasteiger partial charge in [0.05, 0.1) is 11.1 Å². The minimum absolute atomic E-state index is 0.375. The second-order valence-electron chi connectivity index (χ2n) is 4.85. The van der Waals surface area contributed by atoms with Gasteiger partial charge in [-0.05, 0) is 43.4 Å². The third-order valence-corrected chi connectivity index (χ3v) is 3.50. The van der Waals surface area contributed by atoms with Gasteiger partial charge in [-0.15, -0.1) is 0 Å². The van der Waals surface area contributed by atoms with Crippen molar-refractivity contribution in [1.29, 1.82) is 0 Å². The van der Waals surface area contributed by atoms with E-state index in [0.717, 1.165) is 18.4 Å². The summed E-state index contributed by atoms with van der Waals surface area (Å²) in [5.41, 5.74) is 3.47. The molecule has 0 saturated carbocycles. The average molecular weight is 276 g/mol. The summed E-state index contributed by atoms with van der Waals surface area (Å²) in [7, 11) is 0. The van der Waals surface area contributed by atoms with E-state index in [2.05, 4.69) is 36.2 Å². The van der Waals surface area contributed by atoms with Crippen LogP contribution in [-0.4, -0.2) is 16.2 Å². The maximum Gasteiger partial charge on any atom is 0.0622 e. The van der Waals surface area contributed by atoms with Crippen LogP contribution in [0.4, 0.5) is 0 Å². The summed E-state index contributed by atoms with van der Waals surface area (Å²) in [6.45, 7) is 2.08. The van der Waals surface area contributed by atoms with Crippen LogP contribution in [0, 0.1) is 6.92 Å². The van der Waals surface area contributed by atoms with Gasteiger partial charge in [0, 0.05) is 12.4 Å². The van der Waals surface area contributed by atoms with Gasteiger partial charge in [0.1, 0.15) is 0 Å². The van der Waals surface area contributed by atoms with Crippen LogP contribution in [0.1, 0.15) is 23.1 Å². The molecule has 0 aliphatic rings. The molecule has 1 atom stereocenters. The number of rotatable bonds is 5. The Labute approximate surface area is 119 Å². The highest BCUT2D eigenvalue weighted by molar-refractivity contribution is 6.31. The Morgan fingerprint density at radius 3 is 2.89 bits per heavy atom. The van der Waals surface area contributed by atoms with Gasteiger partial charge in [-0.2, -0.15) is 0 Å². The number of hydrogen-bond acceptors (Lipinski definition) is 2. The summed E-state index contributed by atoms with van der Waals surface area (Å²) < 4.78 is 0. The molecule has 0 amide bonds. The predicted molar refractivity (Wildman–Crippen MR) is 78.5 cm³/mol. The first kappa shape index (κ1) is 14.0. The lowest BCUT2D eigenvalue weighted by Crippen LogP contribution is -2.12. The third kappa shape index (κ3) is 4.34. The van der Waals surface area contributed by atoms with Crippen LogP contribution >= 0.6 is 11.6 Å². The Morgan fingerprint density at radius 1 is 1.32 bits per heavy atom. The predicted octanol–water partition coefficient (Wildman–Crippen LogP) is 3.58. The standard InChI is InChI=1S/C16H18ClNO/c1-12-3-2-4-13(9-12)5-6-15(19)10-14-7-8-18-11-16(14)17/h2-4,7-9,11,15,19H,5-6,10H2,1H3.